The van der Waals surface area contributed by atoms with E-state index in [9.17, 15) is 0 Å². The van der Waals surface area contributed by atoms with Gasteiger partial charge >= 0.3 is 0 Å². The van der Waals surface area contributed by atoms with Crippen molar-refractivity contribution in [2.75, 3.05) is 0 Å². The molecule has 0 spiro atoms. The molecule has 0 saturated carbocycles. The Labute approximate surface area is 56.6 Å². The van der Waals surface area contributed by atoms with Crippen LogP contribution in [0.4, 0.5) is 5.69 Å². The van der Waals surface area contributed by atoms with E-state index in [1.807, 2.05) is 0 Å². The summed E-state index contributed by atoms with van der Waals surface area (Å²) in [5, 5.41) is 0. The first kappa shape index (κ1) is 5.22. The summed E-state index contributed by atoms with van der Waals surface area (Å²) in [4.78, 5) is 10.5. The number of oxazole rings is 1. The van der Waals surface area contributed by atoms with Crippen LogP contribution in [0.1, 0.15) is 0 Å². The van der Waals surface area contributed by atoms with Crippen LogP contribution in [0.2, 0.25) is 0 Å². The van der Waals surface area contributed by atoms with Gasteiger partial charge < -0.3 is 9.40 Å². The summed E-state index contributed by atoms with van der Waals surface area (Å²) in [6.45, 7) is 3.38. The molecule has 10 heavy (non-hydrogen) atoms. The Bertz CT molecular complexity index is 360. The predicted molar refractivity (Wildman–Crippen MR) is 37.6 cm³/mol. The highest BCUT2D eigenvalue weighted by atomic mass is 16.3. The van der Waals surface area contributed by atoms with Crippen LogP contribution in [-0.2, 0) is 0 Å². The Balaban J connectivity index is 2.88. The monoisotopic (exact) mass is 135 g/mol. The van der Waals surface area contributed by atoms with Gasteiger partial charge in [-0.2, -0.15) is 0 Å². The number of aromatic amines is 1. The Kier molecular flexibility index (Phi) is 0.887. The van der Waals surface area contributed by atoms with Crippen molar-refractivity contribution in [3.05, 3.63) is 12.6 Å². The summed E-state index contributed by atoms with van der Waals surface area (Å²) < 4.78 is 4.95. The summed E-state index contributed by atoms with van der Waals surface area (Å²) in [5.74, 6) is 0. The number of hydrogen-bond acceptors (Lipinski definition) is 3. The highest BCUT2D eigenvalue weighted by Crippen LogP contribution is 2.22. The summed E-state index contributed by atoms with van der Waals surface area (Å²) in [6, 6.07) is 0. The lowest BCUT2D eigenvalue weighted by Crippen LogP contribution is -1.57. The molecule has 4 heteroatoms. The summed E-state index contributed by atoms with van der Waals surface area (Å²) >= 11 is 0. The highest BCUT2D eigenvalue weighted by molar-refractivity contribution is 5.83. The lowest BCUT2D eigenvalue weighted by atomic mass is 10.5. The van der Waals surface area contributed by atoms with Gasteiger partial charge in [0.15, 0.2) is 11.9 Å². The van der Waals surface area contributed by atoms with Gasteiger partial charge in [-0.05, 0) is 6.72 Å². The van der Waals surface area contributed by atoms with Crippen molar-refractivity contribution < 1.29 is 4.42 Å². The van der Waals surface area contributed by atoms with Crippen LogP contribution >= 0.6 is 0 Å². The van der Waals surface area contributed by atoms with Crippen molar-refractivity contribution in [1.29, 1.82) is 0 Å². The first-order chi connectivity index (χ1) is 4.92. The SMILES string of the molecule is C=Nc1c[nH]c2ocnc12. The Morgan fingerprint density at radius 2 is 2.60 bits per heavy atom. The predicted octanol–water partition coefficient (Wildman–Crippen LogP) is 1.49. The summed E-state index contributed by atoms with van der Waals surface area (Å²) in [6.07, 6.45) is 3.07. The smallest absolute Gasteiger partial charge is 0.227 e. The first-order valence-electron chi connectivity index (χ1n) is 2.79. The lowest BCUT2D eigenvalue weighted by molar-refractivity contribution is 0.591. The van der Waals surface area contributed by atoms with Crippen LogP contribution in [0, 0.1) is 0 Å². The van der Waals surface area contributed by atoms with Crippen molar-refractivity contribution in [3.8, 4) is 0 Å². The normalized spacial score (nSPS) is 10.4. The van der Waals surface area contributed by atoms with Gasteiger partial charge in [-0.25, -0.2) is 4.98 Å². The fraction of sp³-hybridized carbons (Fsp3) is 0. The van der Waals surface area contributed by atoms with E-state index in [0.29, 0.717) is 5.71 Å². The number of aliphatic imine (C=N–C) groups is 1. The molecule has 0 aromatic carbocycles. The molecule has 0 saturated heterocycles. The fourth-order valence-electron chi connectivity index (χ4n) is 0.854. The van der Waals surface area contributed by atoms with Crippen LogP contribution in [0.3, 0.4) is 0 Å². The van der Waals surface area contributed by atoms with Gasteiger partial charge in [0.1, 0.15) is 5.69 Å². The van der Waals surface area contributed by atoms with Gasteiger partial charge in [0.25, 0.3) is 0 Å². The van der Waals surface area contributed by atoms with E-state index >= 15 is 0 Å². The van der Waals surface area contributed by atoms with Gasteiger partial charge in [0.2, 0.25) is 5.71 Å². The molecule has 2 aromatic heterocycles. The molecule has 0 aliphatic heterocycles. The van der Waals surface area contributed by atoms with Crippen LogP contribution < -0.4 is 0 Å². The maximum atomic E-state index is 4.95. The zero-order valence-corrected chi connectivity index (χ0v) is 5.16. The lowest BCUT2D eigenvalue weighted by Gasteiger charge is -1.76. The van der Waals surface area contributed by atoms with Crippen molar-refractivity contribution in [2.24, 2.45) is 4.99 Å². The van der Waals surface area contributed by atoms with Gasteiger partial charge in [0, 0.05) is 6.20 Å². The Morgan fingerprint density at radius 1 is 1.70 bits per heavy atom. The van der Waals surface area contributed by atoms with Crippen molar-refractivity contribution in [2.45, 2.75) is 0 Å². The molecule has 2 aromatic rings. The number of fused-ring (bicyclic) bond motifs is 1. The Morgan fingerprint density at radius 3 is 3.40 bits per heavy atom. The van der Waals surface area contributed by atoms with E-state index in [1.54, 1.807) is 6.20 Å². The molecule has 0 fully saturated rings. The maximum absolute atomic E-state index is 4.95. The largest absolute Gasteiger partial charge is 0.427 e. The zero-order valence-electron chi connectivity index (χ0n) is 5.16. The number of nitrogens with one attached hydrogen (secondary N) is 1. The number of rotatable bonds is 1. The van der Waals surface area contributed by atoms with E-state index in [-0.39, 0.29) is 0 Å². The molecule has 0 atom stereocenters. The average Bonchev–Trinajstić information content (AvgIpc) is 2.44. The molecule has 0 bridgehead atoms. The number of hydrogen-bond donors (Lipinski definition) is 1. The number of aromatic nitrogens is 2. The molecular formula is C6H5N3O. The zero-order chi connectivity index (χ0) is 6.97. The molecular weight excluding hydrogens is 130 g/mol. The third kappa shape index (κ3) is 0.500. The van der Waals surface area contributed by atoms with E-state index in [1.165, 1.54) is 6.39 Å². The highest BCUT2D eigenvalue weighted by Gasteiger charge is 2.03. The molecule has 0 radical (unpaired) electrons. The quantitative estimate of drug-likeness (QED) is 0.602. The molecule has 0 amide bonds. The minimum Gasteiger partial charge on any atom is -0.427 e. The molecule has 2 rings (SSSR count). The summed E-state index contributed by atoms with van der Waals surface area (Å²) in [5.41, 5.74) is 2.10. The molecule has 2 heterocycles. The second-order valence-electron chi connectivity index (χ2n) is 1.86. The van der Waals surface area contributed by atoms with E-state index in [4.69, 9.17) is 4.42 Å². The van der Waals surface area contributed by atoms with Crippen molar-refractivity contribution >= 4 is 23.6 Å². The molecule has 4 nitrogen and oxygen atoms in total. The second-order valence-corrected chi connectivity index (χ2v) is 1.86. The van der Waals surface area contributed by atoms with Crippen molar-refractivity contribution in [1.82, 2.24) is 9.97 Å². The van der Waals surface area contributed by atoms with E-state index in [0.717, 1.165) is 11.2 Å². The third-order valence-corrected chi connectivity index (χ3v) is 1.32. The molecule has 50 valence electrons. The van der Waals surface area contributed by atoms with Crippen molar-refractivity contribution in [3.63, 3.8) is 0 Å². The second kappa shape index (κ2) is 1.70. The van der Waals surface area contributed by atoms with Crippen LogP contribution in [0.25, 0.3) is 11.2 Å². The maximum Gasteiger partial charge on any atom is 0.227 e. The molecule has 0 aliphatic rings. The van der Waals surface area contributed by atoms with E-state index in [2.05, 4.69) is 21.7 Å². The molecule has 0 unspecified atom stereocenters. The Hall–Kier alpha value is -1.58. The standard InChI is InChI=1S/C6H5N3O/c1-7-4-2-8-6-5(4)9-3-10-6/h2-3,8H,1H2. The van der Waals surface area contributed by atoms with Gasteiger partial charge in [-0.1, -0.05) is 0 Å². The number of nitrogens with zero attached hydrogens (tertiary/aromatic N) is 2. The van der Waals surface area contributed by atoms with Crippen LogP contribution in [0.15, 0.2) is 22.0 Å². The van der Waals surface area contributed by atoms with Gasteiger partial charge in [0.05, 0.1) is 0 Å². The van der Waals surface area contributed by atoms with Crippen LogP contribution in [0.5, 0.6) is 0 Å². The molecule has 1 N–H and O–H groups in total. The van der Waals surface area contributed by atoms with Gasteiger partial charge in [-0.15, -0.1) is 0 Å². The van der Waals surface area contributed by atoms with Gasteiger partial charge in [-0.3, -0.25) is 4.99 Å². The fourth-order valence-corrected chi connectivity index (χ4v) is 0.854. The number of H-pyrrole nitrogens is 1. The first-order valence-corrected chi connectivity index (χ1v) is 2.79. The topological polar surface area (TPSA) is 54.2 Å². The minimum absolute atomic E-state index is 0.641. The minimum atomic E-state index is 0.641. The third-order valence-electron chi connectivity index (χ3n) is 1.32. The summed E-state index contributed by atoms with van der Waals surface area (Å²) in [7, 11) is 0. The van der Waals surface area contributed by atoms with E-state index < -0.39 is 0 Å². The van der Waals surface area contributed by atoms with Crippen LogP contribution in [-0.4, -0.2) is 16.7 Å². The molecule has 0 aliphatic carbocycles. The average molecular weight is 135 g/mol.